The molecule has 0 saturated heterocycles. The molecule has 16 heavy (non-hydrogen) atoms. The van der Waals surface area contributed by atoms with Crippen molar-refractivity contribution < 1.29 is 13.9 Å². The summed E-state index contributed by atoms with van der Waals surface area (Å²) in [6.45, 7) is -0.386. The predicted octanol–water partition coefficient (Wildman–Crippen LogP) is 2.52. The number of rotatable bonds is 2. The lowest BCUT2D eigenvalue weighted by molar-refractivity contribution is 0.275. The SMILES string of the molecule is OCc1cc(-c2ccc(F)cc2)ncc1F. The van der Waals surface area contributed by atoms with Gasteiger partial charge in [-0.25, -0.2) is 8.78 Å². The van der Waals surface area contributed by atoms with Gasteiger partial charge in [-0.1, -0.05) is 0 Å². The molecule has 0 bridgehead atoms. The third-order valence-electron chi connectivity index (χ3n) is 2.25. The van der Waals surface area contributed by atoms with Crippen molar-refractivity contribution in [2.75, 3.05) is 0 Å². The summed E-state index contributed by atoms with van der Waals surface area (Å²) < 4.78 is 25.8. The van der Waals surface area contributed by atoms with E-state index in [1.165, 1.54) is 18.2 Å². The van der Waals surface area contributed by atoms with E-state index in [-0.39, 0.29) is 18.0 Å². The topological polar surface area (TPSA) is 33.1 Å². The number of halogens is 2. The monoisotopic (exact) mass is 221 g/mol. The first-order valence-electron chi connectivity index (χ1n) is 4.72. The van der Waals surface area contributed by atoms with Crippen molar-refractivity contribution in [3.05, 3.63) is 53.7 Å². The second-order valence-electron chi connectivity index (χ2n) is 3.33. The normalized spacial score (nSPS) is 10.4. The lowest BCUT2D eigenvalue weighted by Gasteiger charge is -2.03. The van der Waals surface area contributed by atoms with E-state index in [0.29, 0.717) is 11.3 Å². The average Bonchev–Trinajstić information content (AvgIpc) is 2.31. The molecule has 1 heterocycles. The maximum Gasteiger partial charge on any atom is 0.147 e. The summed E-state index contributed by atoms with van der Waals surface area (Å²) in [5, 5.41) is 8.91. The summed E-state index contributed by atoms with van der Waals surface area (Å²) in [5.41, 5.74) is 1.36. The van der Waals surface area contributed by atoms with E-state index in [1.807, 2.05) is 0 Å². The molecule has 0 fully saturated rings. The molecular weight excluding hydrogens is 212 g/mol. The molecule has 82 valence electrons. The molecule has 0 radical (unpaired) electrons. The van der Waals surface area contributed by atoms with E-state index >= 15 is 0 Å². The molecule has 0 unspecified atom stereocenters. The summed E-state index contributed by atoms with van der Waals surface area (Å²) in [6, 6.07) is 7.16. The van der Waals surface area contributed by atoms with Crippen LogP contribution in [0.3, 0.4) is 0 Å². The van der Waals surface area contributed by atoms with Crippen LogP contribution in [0.25, 0.3) is 11.3 Å². The predicted molar refractivity (Wildman–Crippen MR) is 55.5 cm³/mol. The van der Waals surface area contributed by atoms with E-state index in [9.17, 15) is 8.78 Å². The van der Waals surface area contributed by atoms with Crippen LogP contribution in [-0.4, -0.2) is 10.1 Å². The van der Waals surface area contributed by atoms with Crippen molar-refractivity contribution >= 4 is 0 Å². The van der Waals surface area contributed by atoms with Crippen LogP contribution in [0.4, 0.5) is 8.78 Å². The molecule has 1 N–H and O–H groups in total. The van der Waals surface area contributed by atoms with Crippen LogP contribution in [0, 0.1) is 11.6 Å². The Hall–Kier alpha value is -1.81. The van der Waals surface area contributed by atoms with E-state index < -0.39 is 5.82 Å². The largest absolute Gasteiger partial charge is 0.392 e. The second kappa shape index (κ2) is 4.37. The minimum atomic E-state index is -0.548. The molecule has 0 aliphatic heterocycles. The molecule has 0 aliphatic carbocycles. The molecule has 0 saturated carbocycles. The van der Waals surface area contributed by atoms with Gasteiger partial charge in [0.25, 0.3) is 0 Å². The van der Waals surface area contributed by atoms with Crippen molar-refractivity contribution in [3.63, 3.8) is 0 Å². The Morgan fingerprint density at radius 2 is 1.81 bits per heavy atom. The van der Waals surface area contributed by atoms with Crippen LogP contribution < -0.4 is 0 Å². The molecule has 0 atom stereocenters. The summed E-state index contributed by atoms with van der Waals surface area (Å²) >= 11 is 0. The van der Waals surface area contributed by atoms with Gasteiger partial charge in [0.2, 0.25) is 0 Å². The van der Waals surface area contributed by atoms with Crippen molar-refractivity contribution in [3.8, 4) is 11.3 Å². The fourth-order valence-corrected chi connectivity index (χ4v) is 1.38. The average molecular weight is 221 g/mol. The highest BCUT2D eigenvalue weighted by Crippen LogP contribution is 2.19. The molecule has 1 aromatic heterocycles. The first kappa shape index (κ1) is 10.7. The van der Waals surface area contributed by atoms with Gasteiger partial charge >= 0.3 is 0 Å². The quantitative estimate of drug-likeness (QED) is 0.845. The third-order valence-corrected chi connectivity index (χ3v) is 2.25. The molecule has 1 aromatic carbocycles. The van der Waals surface area contributed by atoms with Gasteiger partial charge in [-0.2, -0.15) is 0 Å². The van der Waals surface area contributed by atoms with E-state index in [4.69, 9.17) is 5.11 Å². The number of nitrogens with zero attached hydrogens (tertiary/aromatic N) is 1. The molecular formula is C12H9F2NO. The van der Waals surface area contributed by atoms with Gasteiger partial charge in [0, 0.05) is 11.1 Å². The van der Waals surface area contributed by atoms with Gasteiger partial charge in [0.05, 0.1) is 18.5 Å². The summed E-state index contributed by atoms with van der Waals surface area (Å²) in [7, 11) is 0. The van der Waals surface area contributed by atoms with Crippen LogP contribution in [0.15, 0.2) is 36.5 Å². The lowest BCUT2D eigenvalue weighted by atomic mass is 10.1. The second-order valence-corrected chi connectivity index (χ2v) is 3.33. The van der Waals surface area contributed by atoms with Gasteiger partial charge in [-0.15, -0.1) is 0 Å². The van der Waals surface area contributed by atoms with E-state index in [0.717, 1.165) is 6.20 Å². The Kier molecular flexibility index (Phi) is 2.92. The minimum Gasteiger partial charge on any atom is -0.392 e. The minimum absolute atomic E-state index is 0.175. The Bertz CT molecular complexity index is 497. The summed E-state index contributed by atoms with van der Waals surface area (Å²) in [4.78, 5) is 3.88. The van der Waals surface area contributed by atoms with Crippen molar-refractivity contribution in [1.29, 1.82) is 0 Å². The van der Waals surface area contributed by atoms with Crippen molar-refractivity contribution in [1.82, 2.24) is 4.98 Å². The number of pyridine rings is 1. The maximum atomic E-state index is 13.1. The third kappa shape index (κ3) is 2.06. The molecule has 0 amide bonds. The smallest absolute Gasteiger partial charge is 0.147 e. The summed E-state index contributed by atoms with van der Waals surface area (Å²) in [6.07, 6.45) is 1.05. The zero-order chi connectivity index (χ0) is 11.5. The van der Waals surface area contributed by atoms with Crippen LogP contribution in [0.1, 0.15) is 5.56 Å². The highest BCUT2D eigenvalue weighted by molar-refractivity contribution is 5.59. The van der Waals surface area contributed by atoms with Gasteiger partial charge in [-0.05, 0) is 30.3 Å². The van der Waals surface area contributed by atoms with Crippen LogP contribution in [0.2, 0.25) is 0 Å². The van der Waals surface area contributed by atoms with E-state index in [2.05, 4.69) is 4.98 Å². The summed E-state index contributed by atoms with van der Waals surface area (Å²) in [5.74, 6) is -0.887. The first-order valence-corrected chi connectivity index (χ1v) is 4.72. The Morgan fingerprint density at radius 3 is 2.44 bits per heavy atom. The Morgan fingerprint density at radius 1 is 1.12 bits per heavy atom. The number of aliphatic hydroxyl groups excluding tert-OH is 1. The molecule has 2 nitrogen and oxygen atoms in total. The number of benzene rings is 1. The van der Waals surface area contributed by atoms with E-state index in [1.54, 1.807) is 12.1 Å². The first-order chi connectivity index (χ1) is 7.70. The highest BCUT2D eigenvalue weighted by atomic mass is 19.1. The molecule has 0 aliphatic rings. The van der Waals surface area contributed by atoms with Gasteiger partial charge in [0.15, 0.2) is 0 Å². The maximum absolute atomic E-state index is 13.1. The van der Waals surface area contributed by atoms with Crippen LogP contribution in [0.5, 0.6) is 0 Å². The Labute approximate surface area is 91.2 Å². The molecule has 2 aromatic rings. The number of hydrogen-bond donors (Lipinski definition) is 1. The van der Waals surface area contributed by atoms with Gasteiger partial charge < -0.3 is 5.11 Å². The van der Waals surface area contributed by atoms with Crippen LogP contribution in [-0.2, 0) is 6.61 Å². The zero-order valence-corrected chi connectivity index (χ0v) is 8.32. The fourth-order valence-electron chi connectivity index (χ4n) is 1.38. The number of hydrogen-bond acceptors (Lipinski definition) is 2. The fraction of sp³-hybridized carbons (Fsp3) is 0.0833. The zero-order valence-electron chi connectivity index (χ0n) is 8.32. The molecule has 2 rings (SSSR count). The number of aromatic nitrogens is 1. The van der Waals surface area contributed by atoms with Gasteiger partial charge in [-0.3, -0.25) is 4.98 Å². The van der Waals surface area contributed by atoms with Crippen molar-refractivity contribution in [2.24, 2.45) is 0 Å². The molecule has 0 spiro atoms. The van der Waals surface area contributed by atoms with Gasteiger partial charge in [0.1, 0.15) is 11.6 Å². The Balaban J connectivity index is 2.44. The number of aliphatic hydroxyl groups is 1. The van der Waals surface area contributed by atoms with Crippen molar-refractivity contribution in [2.45, 2.75) is 6.61 Å². The van der Waals surface area contributed by atoms with Crippen LogP contribution >= 0.6 is 0 Å². The molecule has 4 heteroatoms. The standard InChI is InChI=1S/C12H9F2NO/c13-10-3-1-8(2-4-10)12-5-9(7-16)11(14)6-15-12/h1-6,16H,7H2. The highest BCUT2D eigenvalue weighted by Gasteiger charge is 2.05. The lowest BCUT2D eigenvalue weighted by Crippen LogP contribution is -1.93.